The maximum atomic E-state index is 14.5. The lowest BCUT2D eigenvalue weighted by Gasteiger charge is -2.28. The van der Waals surface area contributed by atoms with Crippen molar-refractivity contribution in [2.24, 2.45) is 10.8 Å². The third-order valence-corrected chi connectivity index (χ3v) is 8.64. The van der Waals surface area contributed by atoms with E-state index in [9.17, 15) is 23.5 Å². The number of hydrogen-bond donors (Lipinski definition) is 1. The molecule has 3 aliphatic rings. The van der Waals surface area contributed by atoms with Gasteiger partial charge < -0.3 is 24.1 Å². The van der Waals surface area contributed by atoms with Crippen LogP contribution in [-0.4, -0.2) is 44.2 Å². The zero-order valence-electron chi connectivity index (χ0n) is 26.4. The topological polar surface area (TPSA) is 91.3 Å². The maximum absolute atomic E-state index is 14.5. The molecule has 254 valence electrons. The van der Waals surface area contributed by atoms with Crippen molar-refractivity contribution >= 4 is 23.1 Å². The number of halogens is 2. The van der Waals surface area contributed by atoms with Gasteiger partial charge in [0.1, 0.15) is 23.1 Å². The van der Waals surface area contributed by atoms with E-state index in [4.69, 9.17) is 14.2 Å². The van der Waals surface area contributed by atoms with Gasteiger partial charge in [0.05, 0.1) is 32.0 Å². The third kappa shape index (κ3) is 8.35. The molecule has 0 spiro atoms. The minimum Gasteiger partial charge on any atom is -0.507 e. The second kappa shape index (κ2) is 15.7. The molecule has 46 heavy (non-hydrogen) atoms. The quantitative estimate of drug-likeness (QED) is 0.313. The fourth-order valence-electron chi connectivity index (χ4n) is 6.05. The Morgan fingerprint density at radius 2 is 1.30 bits per heavy atom. The largest absolute Gasteiger partial charge is 0.507 e. The molecule has 2 aliphatic carbocycles. The Labute approximate surface area is 272 Å². The number of phenolic OH excluding ortho intramolecular Hbond substituents is 1. The van der Waals surface area contributed by atoms with E-state index in [1.165, 1.54) is 26.4 Å². The number of esters is 2. The molecule has 1 heterocycles. The zero-order chi connectivity index (χ0) is 32.2. The van der Waals surface area contributed by atoms with Gasteiger partial charge in [-0.25, -0.2) is 18.4 Å². The highest BCUT2D eigenvalue weighted by Crippen LogP contribution is 2.48. The normalized spacial score (nSPS) is 19.3. The smallest absolute Gasteiger partial charge is 0.340 e. The fourth-order valence-corrected chi connectivity index (χ4v) is 6.05. The second-order valence-corrected chi connectivity index (χ2v) is 12.7. The summed E-state index contributed by atoms with van der Waals surface area (Å²) in [5.74, 6) is -2.56. The molecule has 0 bridgehead atoms. The van der Waals surface area contributed by atoms with E-state index in [1.807, 2.05) is 6.08 Å². The summed E-state index contributed by atoms with van der Waals surface area (Å²) < 4.78 is 49.0. The highest BCUT2D eigenvalue weighted by Gasteiger charge is 2.33. The molecule has 1 unspecified atom stereocenters. The van der Waals surface area contributed by atoms with Crippen LogP contribution in [0.5, 0.6) is 11.5 Å². The molecular formula is C37H50F2O7. The van der Waals surface area contributed by atoms with Crippen molar-refractivity contribution in [3.8, 4) is 11.5 Å². The standard InChI is InChI=1S/C20H25FO4.C15H17FO3.2CH4/c1-20(2)9-6-7-15(20)13-11-14(19(22)23-3)16(21)12-17(13)25-18-8-4-5-10-24-18;1-15(2)6-4-5-11(15)9-7-10(14(18)19-3)12(16)8-13(9)17;;/h7,11-12,18H,4-6,8-10H2,1-3H3;5,7-8,17H,4,6H2,1-3H3;2*1H4. The summed E-state index contributed by atoms with van der Waals surface area (Å²) >= 11 is 0. The Balaban J connectivity index is 0.000000317. The van der Waals surface area contributed by atoms with Gasteiger partial charge in [0, 0.05) is 29.7 Å². The molecule has 1 fully saturated rings. The van der Waals surface area contributed by atoms with Crippen molar-refractivity contribution in [3.05, 3.63) is 70.3 Å². The molecule has 1 saturated heterocycles. The van der Waals surface area contributed by atoms with E-state index < -0.39 is 23.6 Å². The molecular weight excluding hydrogens is 594 g/mol. The summed E-state index contributed by atoms with van der Waals surface area (Å²) in [6.45, 7) is 9.07. The van der Waals surface area contributed by atoms with E-state index in [2.05, 4.69) is 38.5 Å². The number of allylic oxidation sites excluding steroid dienone is 4. The SMILES string of the molecule is C.C.COC(=O)c1cc(C2=CCCC2(C)C)c(O)cc1F.COC(=O)c1cc(C2=CCCC2(C)C)c(OC2CCCCO2)cc1F. The number of methoxy groups -OCH3 is 2. The van der Waals surface area contributed by atoms with Gasteiger partial charge >= 0.3 is 11.9 Å². The first-order chi connectivity index (χ1) is 20.8. The summed E-state index contributed by atoms with van der Waals surface area (Å²) in [7, 11) is 2.45. The molecule has 2 aromatic rings. The van der Waals surface area contributed by atoms with Crippen LogP contribution in [0.2, 0.25) is 0 Å². The molecule has 7 nitrogen and oxygen atoms in total. The van der Waals surface area contributed by atoms with Crippen LogP contribution in [-0.2, 0) is 14.2 Å². The van der Waals surface area contributed by atoms with Crippen LogP contribution in [0.4, 0.5) is 8.78 Å². The van der Waals surface area contributed by atoms with E-state index in [-0.39, 0.29) is 48.8 Å². The Morgan fingerprint density at radius 1 is 0.804 bits per heavy atom. The highest BCUT2D eigenvalue weighted by molar-refractivity contribution is 5.93. The van der Waals surface area contributed by atoms with Crippen LogP contribution < -0.4 is 4.74 Å². The number of phenols is 1. The average Bonchev–Trinajstić information content (AvgIpc) is 3.52. The first-order valence-electron chi connectivity index (χ1n) is 15.0. The van der Waals surface area contributed by atoms with Crippen molar-refractivity contribution in [1.82, 2.24) is 0 Å². The molecule has 1 atom stereocenters. The predicted molar refractivity (Wildman–Crippen MR) is 177 cm³/mol. The number of carbonyl (C=O) groups excluding carboxylic acids is 2. The van der Waals surface area contributed by atoms with Gasteiger partial charge in [0.15, 0.2) is 6.29 Å². The molecule has 0 aromatic heterocycles. The Bertz CT molecular complexity index is 1470. The van der Waals surface area contributed by atoms with Gasteiger partial charge in [-0.2, -0.15) is 0 Å². The van der Waals surface area contributed by atoms with Crippen LogP contribution in [0.1, 0.15) is 119 Å². The van der Waals surface area contributed by atoms with Crippen LogP contribution in [0.15, 0.2) is 36.4 Å². The predicted octanol–water partition coefficient (Wildman–Crippen LogP) is 9.51. The first-order valence-corrected chi connectivity index (χ1v) is 15.0. The molecule has 1 N–H and O–H groups in total. The minimum atomic E-state index is -0.774. The van der Waals surface area contributed by atoms with E-state index in [0.29, 0.717) is 17.9 Å². The highest BCUT2D eigenvalue weighted by atomic mass is 19.1. The fraction of sp³-hybridized carbons (Fsp3) is 0.514. The Kier molecular flexibility index (Phi) is 13.1. The van der Waals surface area contributed by atoms with Gasteiger partial charge in [-0.15, -0.1) is 0 Å². The van der Waals surface area contributed by atoms with Crippen LogP contribution in [0.25, 0.3) is 11.1 Å². The maximum Gasteiger partial charge on any atom is 0.340 e. The number of benzene rings is 2. The van der Waals surface area contributed by atoms with Crippen molar-refractivity contribution in [3.63, 3.8) is 0 Å². The van der Waals surface area contributed by atoms with Gasteiger partial charge in [0.25, 0.3) is 0 Å². The third-order valence-electron chi connectivity index (χ3n) is 8.64. The molecule has 5 rings (SSSR count). The van der Waals surface area contributed by atoms with Gasteiger partial charge in [0.2, 0.25) is 0 Å². The van der Waals surface area contributed by atoms with Gasteiger partial charge in [-0.05, 0) is 72.6 Å². The van der Waals surface area contributed by atoms with E-state index >= 15 is 0 Å². The van der Waals surface area contributed by atoms with Gasteiger partial charge in [-0.1, -0.05) is 54.7 Å². The Hall–Kier alpha value is -3.72. The average molecular weight is 645 g/mol. The number of aromatic hydroxyl groups is 1. The molecule has 0 radical (unpaired) electrons. The monoisotopic (exact) mass is 644 g/mol. The second-order valence-electron chi connectivity index (χ2n) is 12.7. The summed E-state index contributed by atoms with van der Waals surface area (Å²) in [6.07, 6.45) is 10.4. The lowest BCUT2D eigenvalue weighted by atomic mass is 9.81. The summed E-state index contributed by atoms with van der Waals surface area (Å²) in [6, 6.07) is 5.18. The minimum absolute atomic E-state index is 0. The number of rotatable bonds is 6. The van der Waals surface area contributed by atoms with E-state index in [0.717, 1.165) is 67.7 Å². The number of ether oxygens (including phenoxy) is 4. The molecule has 1 aliphatic heterocycles. The number of hydrogen-bond acceptors (Lipinski definition) is 7. The van der Waals surface area contributed by atoms with Gasteiger partial charge in [-0.3, -0.25) is 0 Å². The zero-order valence-corrected chi connectivity index (χ0v) is 26.4. The van der Waals surface area contributed by atoms with Crippen molar-refractivity contribution < 1.29 is 42.4 Å². The summed E-state index contributed by atoms with van der Waals surface area (Å²) in [5, 5.41) is 9.93. The molecule has 0 saturated carbocycles. The lowest BCUT2D eigenvalue weighted by Crippen LogP contribution is -2.26. The lowest BCUT2D eigenvalue weighted by molar-refractivity contribution is -0.106. The van der Waals surface area contributed by atoms with Crippen molar-refractivity contribution in [2.45, 2.75) is 93.8 Å². The van der Waals surface area contributed by atoms with Crippen molar-refractivity contribution in [2.75, 3.05) is 20.8 Å². The molecule has 0 amide bonds. The Morgan fingerprint density at radius 3 is 1.76 bits per heavy atom. The van der Waals surface area contributed by atoms with Crippen LogP contribution in [0.3, 0.4) is 0 Å². The summed E-state index contributed by atoms with van der Waals surface area (Å²) in [4.78, 5) is 23.4. The molecule has 9 heteroatoms. The van der Waals surface area contributed by atoms with Crippen LogP contribution >= 0.6 is 0 Å². The van der Waals surface area contributed by atoms with Crippen molar-refractivity contribution in [1.29, 1.82) is 0 Å². The number of carbonyl (C=O) groups is 2. The molecule has 2 aromatic carbocycles. The summed E-state index contributed by atoms with van der Waals surface area (Å²) in [5.41, 5.74) is 2.89. The van der Waals surface area contributed by atoms with E-state index in [1.54, 1.807) is 6.07 Å². The van der Waals surface area contributed by atoms with Crippen LogP contribution in [0, 0.1) is 22.5 Å². The first kappa shape index (κ1) is 38.5.